The fourth-order valence-electron chi connectivity index (χ4n) is 1.54. The van der Waals surface area contributed by atoms with Crippen molar-refractivity contribution in [1.82, 2.24) is 5.32 Å². The first-order valence-corrected chi connectivity index (χ1v) is 5.38. The van der Waals surface area contributed by atoms with E-state index >= 15 is 0 Å². The summed E-state index contributed by atoms with van der Waals surface area (Å²) in [7, 11) is 3.05. The van der Waals surface area contributed by atoms with Gasteiger partial charge in [-0.05, 0) is 24.7 Å². The topological polar surface area (TPSA) is 84.6 Å². The van der Waals surface area contributed by atoms with Crippen molar-refractivity contribution in [2.45, 2.75) is 12.1 Å². The zero-order chi connectivity index (χ0) is 13.0. The van der Waals surface area contributed by atoms with E-state index in [2.05, 4.69) is 5.32 Å². The van der Waals surface area contributed by atoms with Gasteiger partial charge in [0.2, 0.25) is 0 Å². The Morgan fingerprint density at radius 3 is 2.65 bits per heavy atom. The number of nitrogens with two attached hydrogens (primary N) is 1. The molecule has 0 aliphatic rings. The van der Waals surface area contributed by atoms with Crippen LogP contribution in [-0.2, 0) is 4.79 Å². The maximum absolute atomic E-state index is 11.0. The fraction of sp³-hybridized carbons (Fsp3) is 0.364. The third-order valence-corrected chi connectivity index (χ3v) is 2.79. The van der Waals surface area contributed by atoms with Crippen LogP contribution in [0.25, 0.3) is 0 Å². The Kier molecular flexibility index (Phi) is 4.74. The maximum Gasteiger partial charge on any atom is 0.322 e. The first kappa shape index (κ1) is 13.8. The zero-order valence-electron chi connectivity index (χ0n) is 9.61. The van der Waals surface area contributed by atoms with Gasteiger partial charge in [0.05, 0.1) is 18.2 Å². The first-order chi connectivity index (χ1) is 8.01. The highest BCUT2D eigenvalue weighted by molar-refractivity contribution is 6.32. The Balaban J connectivity index is 2.99. The van der Waals surface area contributed by atoms with Crippen molar-refractivity contribution in [2.75, 3.05) is 14.2 Å². The predicted molar refractivity (Wildman–Crippen MR) is 65.4 cm³/mol. The minimum atomic E-state index is -1.01. The van der Waals surface area contributed by atoms with Crippen LogP contribution in [0, 0.1) is 0 Å². The molecule has 0 fully saturated rings. The van der Waals surface area contributed by atoms with Crippen LogP contribution in [0.3, 0.4) is 0 Å². The molecule has 1 rings (SSSR count). The van der Waals surface area contributed by atoms with Crippen molar-refractivity contribution in [1.29, 1.82) is 0 Å². The molecule has 0 heterocycles. The van der Waals surface area contributed by atoms with Crippen molar-refractivity contribution < 1.29 is 14.6 Å². The van der Waals surface area contributed by atoms with E-state index in [1.807, 2.05) is 0 Å². The van der Waals surface area contributed by atoms with Gasteiger partial charge in [-0.25, -0.2) is 0 Å². The highest BCUT2D eigenvalue weighted by Crippen LogP contribution is 2.27. The lowest BCUT2D eigenvalue weighted by atomic mass is 10.0. The van der Waals surface area contributed by atoms with E-state index in [1.54, 1.807) is 25.2 Å². The Labute approximate surface area is 105 Å². The van der Waals surface area contributed by atoms with Crippen LogP contribution in [0.1, 0.15) is 11.6 Å². The lowest BCUT2D eigenvalue weighted by Gasteiger charge is -2.20. The summed E-state index contributed by atoms with van der Waals surface area (Å²) in [5.74, 6) is -0.481. The first-order valence-electron chi connectivity index (χ1n) is 5.00. The van der Waals surface area contributed by atoms with Crippen molar-refractivity contribution in [2.24, 2.45) is 5.73 Å². The van der Waals surface area contributed by atoms with E-state index in [-0.39, 0.29) is 0 Å². The Hall–Kier alpha value is -1.30. The molecule has 0 radical (unpaired) electrons. The molecule has 4 N–H and O–H groups in total. The van der Waals surface area contributed by atoms with Crippen molar-refractivity contribution in [3.8, 4) is 5.75 Å². The molecule has 94 valence electrons. The van der Waals surface area contributed by atoms with Crippen LogP contribution in [0.5, 0.6) is 5.75 Å². The third kappa shape index (κ3) is 3.09. The van der Waals surface area contributed by atoms with Crippen LogP contribution in [-0.4, -0.2) is 31.3 Å². The number of carbonyl (C=O) groups is 1. The molecule has 6 heteroatoms. The molecule has 5 nitrogen and oxygen atoms in total. The van der Waals surface area contributed by atoms with Crippen LogP contribution in [0.4, 0.5) is 0 Å². The van der Waals surface area contributed by atoms with E-state index in [9.17, 15) is 4.79 Å². The summed E-state index contributed by atoms with van der Waals surface area (Å²) in [6, 6.07) is 3.42. The van der Waals surface area contributed by atoms with Gasteiger partial charge in [0.15, 0.2) is 0 Å². The second kappa shape index (κ2) is 5.86. The highest BCUT2D eigenvalue weighted by Gasteiger charge is 2.25. The number of likely N-dealkylation sites (N-methyl/N-ethyl adjacent to an activating group) is 1. The minimum absolute atomic E-state index is 0.403. The van der Waals surface area contributed by atoms with Gasteiger partial charge in [0.25, 0.3) is 0 Å². The molecular formula is C11H15ClN2O3. The second-order valence-electron chi connectivity index (χ2n) is 3.52. The van der Waals surface area contributed by atoms with Gasteiger partial charge in [-0.15, -0.1) is 0 Å². The van der Waals surface area contributed by atoms with Crippen LogP contribution in [0.15, 0.2) is 18.2 Å². The number of aliphatic carboxylic acids is 1. The molecule has 0 amide bonds. The summed E-state index contributed by atoms with van der Waals surface area (Å²) >= 11 is 5.95. The Bertz CT molecular complexity index is 412. The molecule has 0 spiro atoms. The summed E-state index contributed by atoms with van der Waals surface area (Å²) in [5.41, 5.74) is 6.50. The summed E-state index contributed by atoms with van der Waals surface area (Å²) in [4.78, 5) is 11.0. The molecule has 0 aliphatic carbocycles. The molecule has 0 saturated heterocycles. The van der Waals surface area contributed by atoms with Gasteiger partial charge in [-0.3, -0.25) is 4.79 Å². The lowest BCUT2D eigenvalue weighted by molar-refractivity contribution is -0.139. The smallest absolute Gasteiger partial charge is 0.322 e. The van der Waals surface area contributed by atoms with Crippen molar-refractivity contribution in [3.05, 3.63) is 28.8 Å². The molecule has 0 bridgehead atoms. The number of carboxylic acid groups (broad SMARTS) is 1. The number of nitrogens with one attached hydrogen (secondary N) is 1. The maximum atomic E-state index is 11.0. The monoisotopic (exact) mass is 258 g/mol. The number of carboxylic acids is 1. The number of hydrogen-bond donors (Lipinski definition) is 3. The fourth-order valence-corrected chi connectivity index (χ4v) is 1.81. The number of halogens is 1. The molecule has 2 atom stereocenters. The summed E-state index contributed by atoms with van der Waals surface area (Å²) in [6.07, 6.45) is 0. The van der Waals surface area contributed by atoms with Gasteiger partial charge < -0.3 is 20.9 Å². The summed E-state index contributed by atoms with van der Waals surface area (Å²) < 4.78 is 5.01. The number of rotatable bonds is 5. The molecule has 1 aromatic rings. The molecule has 1 aromatic carbocycles. The third-order valence-electron chi connectivity index (χ3n) is 2.50. The molecule has 0 saturated carbocycles. The molecule has 17 heavy (non-hydrogen) atoms. The lowest BCUT2D eigenvalue weighted by Crippen LogP contribution is -2.43. The number of ether oxygens (including phenoxy) is 1. The van der Waals surface area contributed by atoms with E-state index < -0.39 is 18.1 Å². The second-order valence-corrected chi connectivity index (χ2v) is 3.93. The van der Waals surface area contributed by atoms with Gasteiger partial charge in [-0.2, -0.15) is 0 Å². The minimum Gasteiger partial charge on any atom is -0.495 e. The zero-order valence-corrected chi connectivity index (χ0v) is 10.4. The van der Waals surface area contributed by atoms with Crippen LogP contribution < -0.4 is 15.8 Å². The van der Waals surface area contributed by atoms with E-state index in [4.69, 9.17) is 27.2 Å². The normalized spacial score (nSPS) is 14.1. The standard InChI is InChI=1S/C11H15ClN2O3/c1-14-10(11(15)16)9(13)6-3-4-8(17-2)7(12)5-6/h3-5,9-10,14H,13H2,1-2H3,(H,15,16). The Morgan fingerprint density at radius 2 is 2.24 bits per heavy atom. The van der Waals surface area contributed by atoms with E-state index in [0.717, 1.165) is 0 Å². The largest absolute Gasteiger partial charge is 0.495 e. The van der Waals surface area contributed by atoms with Gasteiger partial charge in [-0.1, -0.05) is 17.7 Å². The van der Waals surface area contributed by atoms with Gasteiger partial charge in [0, 0.05) is 0 Å². The molecule has 0 aliphatic heterocycles. The highest BCUT2D eigenvalue weighted by atomic mass is 35.5. The average Bonchev–Trinajstić information content (AvgIpc) is 2.29. The summed E-state index contributed by atoms with van der Waals surface area (Å²) in [6.45, 7) is 0. The quantitative estimate of drug-likeness (QED) is 0.734. The number of hydrogen-bond acceptors (Lipinski definition) is 4. The Morgan fingerprint density at radius 1 is 1.59 bits per heavy atom. The molecule has 0 aromatic heterocycles. The molecule has 2 unspecified atom stereocenters. The van der Waals surface area contributed by atoms with Crippen molar-refractivity contribution >= 4 is 17.6 Å². The van der Waals surface area contributed by atoms with Gasteiger partial charge in [0.1, 0.15) is 11.8 Å². The van der Waals surface area contributed by atoms with E-state index in [0.29, 0.717) is 16.3 Å². The van der Waals surface area contributed by atoms with E-state index in [1.165, 1.54) is 7.11 Å². The number of benzene rings is 1. The van der Waals surface area contributed by atoms with Crippen molar-refractivity contribution in [3.63, 3.8) is 0 Å². The number of methoxy groups -OCH3 is 1. The molecular weight excluding hydrogens is 244 g/mol. The summed E-state index contributed by atoms with van der Waals surface area (Å²) in [5, 5.41) is 12.0. The SMILES string of the molecule is CNC(C(=O)O)C(N)c1ccc(OC)c(Cl)c1. The predicted octanol–water partition coefficient (Wildman–Crippen LogP) is 1.02. The van der Waals surface area contributed by atoms with Crippen LogP contribution in [0.2, 0.25) is 5.02 Å². The average molecular weight is 259 g/mol. The van der Waals surface area contributed by atoms with Gasteiger partial charge >= 0.3 is 5.97 Å². The van der Waals surface area contributed by atoms with Crippen LogP contribution >= 0.6 is 11.6 Å².